The lowest BCUT2D eigenvalue weighted by molar-refractivity contribution is -0.149. The van der Waals surface area contributed by atoms with Crippen LogP contribution >= 0.6 is 0 Å². The predicted octanol–water partition coefficient (Wildman–Crippen LogP) is 2.25. The standard InChI is InChI=1S/C18H27N3O4/c1-12(2)21-14(6-8-19-21)15-13(5-4-10-25-15)16(22)20-9-7-18(3,11-20)17(23)24/h6,8,12-13,15H,4-5,7,9-11H2,1-3H3,(H,23,24)/t13-,15-,18?/m1/s1. The van der Waals surface area contributed by atoms with Gasteiger partial charge in [-0.05, 0) is 46.1 Å². The summed E-state index contributed by atoms with van der Waals surface area (Å²) in [5.74, 6) is -1.11. The van der Waals surface area contributed by atoms with E-state index in [1.54, 1.807) is 18.0 Å². The van der Waals surface area contributed by atoms with Gasteiger partial charge in [-0.25, -0.2) is 0 Å². The van der Waals surface area contributed by atoms with Gasteiger partial charge in [-0.2, -0.15) is 5.10 Å². The van der Waals surface area contributed by atoms with Crippen LogP contribution in [0.1, 0.15) is 57.9 Å². The Morgan fingerprint density at radius 2 is 2.20 bits per heavy atom. The monoisotopic (exact) mass is 349 g/mol. The fraction of sp³-hybridized carbons (Fsp3) is 0.722. The molecule has 1 aromatic heterocycles. The molecule has 0 saturated carbocycles. The highest BCUT2D eigenvalue weighted by molar-refractivity contribution is 5.82. The maximum absolute atomic E-state index is 13.1. The van der Waals surface area contributed by atoms with Gasteiger partial charge < -0.3 is 14.7 Å². The number of hydrogen-bond acceptors (Lipinski definition) is 4. The van der Waals surface area contributed by atoms with Crippen LogP contribution in [-0.2, 0) is 14.3 Å². The molecule has 1 amide bonds. The first-order valence-corrected chi connectivity index (χ1v) is 9.01. The molecule has 3 heterocycles. The summed E-state index contributed by atoms with van der Waals surface area (Å²) in [4.78, 5) is 26.3. The Balaban J connectivity index is 1.81. The predicted molar refractivity (Wildman–Crippen MR) is 91.0 cm³/mol. The van der Waals surface area contributed by atoms with E-state index >= 15 is 0 Å². The molecule has 25 heavy (non-hydrogen) atoms. The summed E-state index contributed by atoms with van der Waals surface area (Å²) in [6.07, 6.45) is 3.52. The second-order valence-corrected chi connectivity index (χ2v) is 7.71. The molecule has 138 valence electrons. The zero-order chi connectivity index (χ0) is 18.2. The molecule has 3 atom stereocenters. The quantitative estimate of drug-likeness (QED) is 0.901. The Morgan fingerprint density at radius 3 is 2.84 bits per heavy atom. The van der Waals surface area contributed by atoms with E-state index in [0.717, 1.165) is 18.5 Å². The van der Waals surface area contributed by atoms with Gasteiger partial charge in [-0.15, -0.1) is 0 Å². The Hall–Kier alpha value is -1.89. The molecule has 0 bridgehead atoms. The average Bonchev–Trinajstić information content (AvgIpc) is 3.22. The van der Waals surface area contributed by atoms with Crippen molar-refractivity contribution in [3.63, 3.8) is 0 Å². The number of likely N-dealkylation sites (tertiary alicyclic amines) is 1. The summed E-state index contributed by atoms with van der Waals surface area (Å²) in [6, 6.07) is 2.11. The van der Waals surface area contributed by atoms with Crippen molar-refractivity contribution in [3.05, 3.63) is 18.0 Å². The summed E-state index contributed by atoms with van der Waals surface area (Å²) < 4.78 is 7.89. The molecule has 2 fully saturated rings. The smallest absolute Gasteiger partial charge is 0.311 e. The minimum absolute atomic E-state index is 0.00572. The topological polar surface area (TPSA) is 84.7 Å². The van der Waals surface area contributed by atoms with Crippen LogP contribution in [0.4, 0.5) is 0 Å². The third kappa shape index (κ3) is 3.29. The third-order valence-electron chi connectivity index (χ3n) is 5.42. The molecule has 0 aromatic carbocycles. The third-order valence-corrected chi connectivity index (χ3v) is 5.42. The molecule has 1 aromatic rings. The largest absolute Gasteiger partial charge is 0.481 e. The van der Waals surface area contributed by atoms with Gasteiger partial charge in [0.1, 0.15) is 6.10 Å². The number of carbonyl (C=O) groups excluding carboxylic acids is 1. The molecule has 2 aliphatic heterocycles. The number of carboxylic acid groups (broad SMARTS) is 1. The van der Waals surface area contributed by atoms with E-state index in [0.29, 0.717) is 19.6 Å². The SMILES string of the molecule is CC(C)n1nccc1[C@@H]1OCCC[C@H]1C(=O)N1CCC(C)(C(=O)O)C1. The number of hydrogen-bond donors (Lipinski definition) is 1. The van der Waals surface area contributed by atoms with Gasteiger partial charge in [0.15, 0.2) is 0 Å². The second-order valence-electron chi connectivity index (χ2n) is 7.71. The molecule has 3 rings (SSSR count). The summed E-state index contributed by atoms with van der Waals surface area (Å²) in [5, 5.41) is 13.8. The van der Waals surface area contributed by atoms with E-state index < -0.39 is 11.4 Å². The van der Waals surface area contributed by atoms with Crippen molar-refractivity contribution in [1.29, 1.82) is 0 Å². The van der Waals surface area contributed by atoms with Gasteiger partial charge in [-0.1, -0.05) is 0 Å². The number of carbonyl (C=O) groups is 2. The highest BCUT2D eigenvalue weighted by atomic mass is 16.5. The van der Waals surface area contributed by atoms with E-state index in [2.05, 4.69) is 18.9 Å². The Labute approximate surface area is 147 Å². The fourth-order valence-electron chi connectivity index (χ4n) is 3.87. The van der Waals surface area contributed by atoms with E-state index in [-0.39, 0.29) is 30.5 Å². The molecule has 7 nitrogen and oxygen atoms in total. The van der Waals surface area contributed by atoms with Gasteiger partial charge >= 0.3 is 5.97 Å². The number of amides is 1. The first-order valence-electron chi connectivity index (χ1n) is 9.01. The number of carboxylic acids is 1. The number of aliphatic carboxylic acids is 1. The zero-order valence-electron chi connectivity index (χ0n) is 15.1. The van der Waals surface area contributed by atoms with Crippen LogP contribution in [0.2, 0.25) is 0 Å². The zero-order valence-corrected chi connectivity index (χ0v) is 15.1. The molecule has 0 radical (unpaired) electrons. The lowest BCUT2D eigenvalue weighted by Gasteiger charge is -2.34. The maximum atomic E-state index is 13.1. The Kier molecular flexibility index (Phi) is 4.86. The Morgan fingerprint density at radius 1 is 1.44 bits per heavy atom. The van der Waals surface area contributed by atoms with Crippen molar-refractivity contribution in [1.82, 2.24) is 14.7 Å². The molecule has 2 saturated heterocycles. The number of aromatic nitrogens is 2. The first kappa shape index (κ1) is 17.9. The maximum Gasteiger partial charge on any atom is 0.311 e. The van der Waals surface area contributed by atoms with Crippen molar-refractivity contribution in [2.24, 2.45) is 11.3 Å². The minimum Gasteiger partial charge on any atom is -0.481 e. The van der Waals surface area contributed by atoms with Crippen molar-refractivity contribution in [3.8, 4) is 0 Å². The first-order chi connectivity index (χ1) is 11.8. The van der Waals surface area contributed by atoms with Crippen LogP contribution in [0.25, 0.3) is 0 Å². The minimum atomic E-state index is -0.847. The summed E-state index contributed by atoms with van der Waals surface area (Å²) >= 11 is 0. The van der Waals surface area contributed by atoms with Gasteiger partial charge in [-0.3, -0.25) is 14.3 Å². The lowest BCUT2D eigenvalue weighted by atomic mass is 9.89. The molecule has 7 heteroatoms. The van der Waals surface area contributed by atoms with Crippen LogP contribution < -0.4 is 0 Å². The van der Waals surface area contributed by atoms with Crippen LogP contribution in [0.15, 0.2) is 12.3 Å². The molecule has 2 aliphatic rings. The molecule has 0 spiro atoms. The summed E-state index contributed by atoms with van der Waals surface area (Å²) in [5.41, 5.74) is 0.0775. The van der Waals surface area contributed by atoms with E-state index in [1.165, 1.54) is 0 Å². The van der Waals surface area contributed by atoms with Crippen molar-refractivity contribution < 1.29 is 19.4 Å². The molecular formula is C18H27N3O4. The molecule has 1 unspecified atom stereocenters. The number of ether oxygens (including phenoxy) is 1. The number of rotatable bonds is 4. The number of nitrogens with zero attached hydrogens (tertiary/aromatic N) is 3. The Bertz CT molecular complexity index is 657. The van der Waals surface area contributed by atoms with Gasteiger partial charge in [0.05, 0.1) is 17.0 Å². The van der Waals surface area contributed by atoms with Gasteiger partial charge in [0.2, 0.25) is 5.91 Å². The van der Waals surface area contributed by atoms with Crippen LogP contribution in [0, 0.1) is 11.3 Å². The normalized spacial score (nSPS) is 30.0. The fourth-order valence-corrected chi connectivity index (χ4v) is 3.87. The molecule has 1 N–H and O–H groups in total. The van der Waals surface area contributed by atoms with Gasteiger partial charge in [0, 0.05) is 31.9 Å². The highest BCUT2D eigenvalue weighted by Crippen LogP contribution is 2.38. The van der Waals surface area contributed by atoms with Crippen molar-refractivity contribution >= 4 is 11.9 Å². The molecular weight excluding hydrogens is 322 g/mol. The van der Waals surface area contributed by atoms with Crippen LogP contribution in [0.3, 0.4) is 0 Å². The second kappa shape index (κ2) is 6.78. The molecule has 0 aliphatic carbocycles. The van der Waals surface area contributed by atoms with Crippen molar-refractivity contribution in [2.45, 2.75) is 52.2 Å². The van der Waals surface area contributed by atoms with Crippen molar-refractivity contribution in [2.75, 3.05) is 19.7 Å². The van der Waals surface area contributed by atoms with E-state index in [9.17, 15) is 14.7 Å². The van der Waals surface area contributed by atoms with Crippen LogP contribution in [0.5, 0.6) is 0 Å². The van der Waals surface area contributed by atoms with E-state index in [1.807, 2.05) is 10.7 Å². The van der Waals surface area contributed by atoms with E-state index in [4.69, 9.17) is 4.74 Å². The lowest BCUT2D eigenvalue weighted by Crippen LogP contribution is -2.42. The summed E-state index contributed by atoms with van der Waals surface area (Å²) in [7, 11) is 0. The average molecular weight is 349 g/mol. The highest BCUT2D eigenvalue weighted by Gasteiger charge is 2.45. The van der Waals surface area contributed by atoms with Crippen LogP contribution in [-0.4, -0.2) is 51.4 Å². The summed E-state index contributed by atoms with van der Waals surface area (Å²) in [6.45, 7) is 7.21. The van der Waals surface area contributed by atoms with Gasteiger partial charge in [0.25, 0.3) is 0 Å².